The number of hydrogen-bond acceptors (Lipinski definition) is 3. The summed E-state index contributed by atoms with van der Waals surface area (Å²) in [5.41, 5.74) is 0.559. The number of amides is 3. The fraction of sp³-hybridized carbons (Fsp3) is 0.571. The SMILES string of the molecule is CC[C@@H](C)N1C(=O)[C@H]2[C@@H](C1=O)[C@@]1([NH2+][C@@H]2CC(C)C)C(=O)Nc2ccccc21. The largest absolute Gasteiger partial charge is 0.326 e. The third kappa shape index (κ3) is 2.32. The van der Waals surface area contributed by atoms with Crippen molar-refractivity contribution in [3.8, 4) is 0 Å². The quantitative estimate of drug-likeness (QED) is 0.782. The second-order valence-electron chi connectivity index (χ2n) is 8.64. The number of nitrogens with one attached hydrogen (secondary N) is 1. The van der Waals surface area contributed by atoms with Gasteiger partial charge in [0.2, 0.25) is 17.4 Å². The number of likely N-dealkylation sites (tertiary alicyclic amines) is 1. The molecule has 2 fully saturated rings. The van der Waals surface area contributed by atoms with E-state index in [0.29, 0.717) is 12.3 Å². The Bertz CT molecular complexity index is 821. The van der Waals surface area contributed by atoms with Gasteiger partial charge in [0.05, 0.1) is 5.69 Å². The van der Waals surface area contributed by atoms with Crippen LogP contribution in [0.3, 0.4) is 0 Å². The zero-order valence-electron chi connectivity index (χ0n) is 16.4. The minimum Gasteiger partial charge on any atom is -0.326 e. The predicted molar refractivity (Wildman–Crippen MR) is 101 cm³/mol. The lowest BCUT2D eigenvalue weighted by Gasteiger charge is -2.28. The maximum absolute atomic E-state index is 13.5. The molecule has 3 aliphatic heterocycles. The second kappa shape index (κ2) is 6.16. The van der Waals surface area contributed by atoms with Crippen LogP contribution < -0.4 is 10.6 Å². The molecule has 5 atom stereocenters. The smallest absolute Gasteiger partial charge is 0.291 e. The van der Waals surface area contributed by atoms with E-state index < -0.39 is 17.4 Å². The summed E-state index contributed by atoms with van der Waals surface area (Å²) in [6.07, 6.45) is 1.51. The fourth-order valence-corrected chi connectivity index (χ4v) is 5.32. The third-order valence-electron chi connectivity index (χ3n) is 6.59. The summed E-state index contributed by atoms with van der Waals surface area (Å²) in [6.45, 7) is 8.12. The molecule has 0 radical (unpaired) electrons. The molecule has 6 nitrogen and oxygen atoms in total. The average molecular weight is 370 g/mol. The number of rotatable bonds is 4. The van der Waals surface area contributed by atoms with Crippen molar-refractivity contribution in [2.45, 2.75) is 58.2 Å². The van der Waals surface area contributed by atoms with Gasteiger partial charge in [-0.25, -0.2) is 0 Å². The molecule has 1 aromatic rings. The van der Waals surface area contributed by atoms with Gasteiger partial charge in [-0.1, -0.05) is 39.0 Å². The maximum atomic E-state index is 13.5. The first-order chi connectivity index (χ1) is 12.8. The van der Waals surface area contributed by atoms with Crippen LogP contribution in [0.15, 0.2) is 24.3 Å². The third-order valence-corrected chi connectivity index (χ3v) is 6.59. The van der Waals surface area contributed by atoms with Gasteiger partial charge in [0.25, 0.3) is 5.91 Å². The number of carbonyl (C=O) groups excluding carboxylic acids is 3. The van der Waals surface area contributed by atoms with Gasteiger partial charge in [-0.05, 0) is 25.3 Å². The highest BCUT2D eigenvalue weighted by Gasteiger charge is 2.74. The van der Waals surface area contributed by atoms with E-state index in [2.05, 4.69) is 19.2 Å². The van der Waals surface area contributed by atoms with E-state index in [9.17, 15) is 14.4 Å². The van der Waals surface area contributed by atoms with Crippen molar-refractivity contribution in [1.82, 2.24) is 4.90 Å². The molecule has 27 heavy (non-hydrogen) atoms. The lowest BCUT2D eigenvalue weighted by atomic mass is 9.76. The lowest BCUT2D eigenvalue weighted by molar-refractivity contribution is -0.734. The van der Waals surface area contributed by atoms with Crippen LogP contribution in [0.1, 0.15) is 46.1 Å². The Labute approximate surface area is 159 Å². The summed E-state index contributed by atoms with van der Waals surface area (Å²) in [5, 5.41) is 4.98. The Kier molecular flexibility index (Phi) is 4.14. The Hall–Kier alpha value is -2.21. The standard InChI is InChI=1S/C21H27N3O3/c1-5-12(4)24-18(25)16-15(10-11(2)3)23-21(17(16)19(24)26)13-8-6-7-9-14(13)22-20(21)27/h6-9,11-12,15-17,23H,5,10H2,1-4H3,(H,22,27)/p+1/t12-,15-,16-,17+,21-/m1/s1. The zero-order chi connectivity index (χ0) is 19.5. The summed E-state index contributed by atoms with van der Waals surface area (Å²) in [7, 11) is 0. The molecule has 3 N–H and O–H groups in total. The van der Waals surface area contributed by atoms with Crippen molar-refractivity contribution >= 4 is 23.4 Å². The highest BCUT2D eigenvalue weighted by molar-refractivity contribution is 6.14. The molecule has 0 unspecified atom stereocenters. The minimum atomic E-state index is -1.03. The Morgan fingerprint density at radius 3 is 2.52 bits per heavy atom. The van der Waals surface area contributed by atoms with Gasteiger partial charge >= 0.3 is 0 Å². The Morgan fingerprint density at radius 2 is 1.85 bits per heavy atom. The molecule has 0 bridgehead atoms. The van der Waals surface area contributed by atoms with Crippen LogP contribution in [0.25, 0.3) is 0 Å². The number of para-hydroxylation sites is 1. The topological polar surface area (TPSA) is 83.1 Å². The summed E-state index contributed by atoms with van der Waals surface area (Å²) in [6, 6.07) is 7.34. The van der Waals surface area contributed by atoms with E-state index in [1.54, 1.807) is 0 Å². The van der Waals surface area contributed by atoms with Crippen molar-refractivity contribution in [1.29, 1.82) is 0 Å². The molecular formula is C21H28N3O3+. The molecule has 1 spiro atoms. The second-order valence-corrected chi connectivity index (χ2v) is 8.64. The Balaban J connectivity index is 1.87. The number of benzene rings is 1. The molecular weight excluding hydrogens is 342 g/mol. The van der Waals surface area contributed by atoms with E-state index in [0.717, 1.165) is 17.7 Å². The van der Waals surface area contributed by atoms with Crippen LogP contribution in [0.4, 0.5) is 5.69 Å². The van der Waals surface area contributed by atoms with Crippen LogP contribution in [0.5, 0.6) is 0 Å². The summed E-state index contributed by atoms with van der Waals surface area (Å²) < 4.78 is 0. The average Bonchev–Trinajstić information content (AvgIpc) is 3.19. The Morgan fingerprint density at radius 1 is 1.15 bits per heavy atom. The maximum Gasteiger partial charge on any atom is 0.291 e. The normalized spacial score (nSPS) is 33.0. The van der Waals surface area contributed by atoms with Gasteiger partial charge in [-0.15, -0.1) is 0 Å². The van der Waals surface area contributed by atoms with Crippen molar-refractivity contribution in [3.05, 3.63) is 29.8 Å². The molecule has 0 aliphatic carbocycles. The first kappa shape index (κ1) is 18.2. The van der Waals surface area contributed by atoms with Crippen LogP contribution >= 0.6 is 0 Å². The van der Waals surface area contributed by atoms with E-state index in [1.165, 1.54) is 4.90 Å². The van der Waals surface area contributed by atoms with Crippen molar-refractivity contribution in [3.63, 3.8) is 0 Å². The van der Waals surface area contributed by atoms with Crippen LogP contribution in [-0.4, -0.2) is 34.7 Å². The molecule has 3 amide bonds. The molecule has 2 saturated heterocycles. The number of anilines is 1. The number of imide groups is 1. The summed E-state index contributed by atoms with van der Waals surface area (Å²) in [4.78, 5) is 41.4. The molecule has 0 saturated carbocycles. The van der Waals surface area contributed by atoms with Gasteiger partial charge < -0.3 is 10.6 Å². The monoisotopic (exact) mass is 370 g/mol. The summed E-state index contributed by atoms with van der Waals surface area (Å²) in [5.74, 6) is -1.15. The van der Waals surface area contributed by atoms with E-state index in [1.807, 2.05) is 43.4 Å². The van der Waals surface area contributed by atoms with Gasteiger partial charge in [0.1, 0.15) is 17.9 Å². The predicted octanol–water partition coefficient (Wildman–Crippen LogP) is 1.23. The summed E-state index contributed by atoms with van der Waals surface area (Å²) >= 11 is 0. The molecule has 6 heteroatoms. The van der Waals surface area contributed by atoms with Crippen LogP contribution in [0, 0.1) is 17.8 Å². The molecule has 3 aliphatic rings. The van der Waals surface area contributed by atoms with Crippen molar-refractivity contribution in [2.24, 2.45) is 17.8 Å². The molecule has 144 valence electrons. The van der Waals surface area contributed by atoms with Gasteiger partial charge in [-0.2, -0.15) is 0 Å². The number of quaternary nitrogens is 1. The van der Waals surface area contributed by atoms with E-state index in [-0.39, 0.29) is 29.8 Å². The molecule has 3 heterocycles. The zero-order valence-corrected chi connectivity index (χ0v) is 16.4. The van der Waals surface area contributed by atoms with Gasteiger partial charge in [0.15, 0.2) is 0 Å². The highest BCUT2D eigenvalue weighted by atomic mass is 16.2. The number of fused-ring (bicyclic) bond motifs is 4. The van der Waals surface area contributed by atoms with E-state index >= 15 is 0 Å². The molecule has 1 aromatic carbocycles. The van der Waals surface area contributed by atoms with Crippen LogP contribution in [0.2, 0.25) is 0 Å². The van der Waals surface area contributed by atoms with Crippen molar-refractivity contribution in [2.75, 3.05) is 5.32 Å². The number of nitrogens with zero attached hydrogens (tertiary/aromatic N) is 1. The number of nitrogens with two attached hydrogens (primary N) is 1. The lowest BCUT2D eigenvalue weighted by Crippen LogP contribution is -2.99. The first-order valence-corrected chi connectivity index (χ1v) is 9.96. The van der Waals surface area contributed by atoms with E-state index in [4.69, 9.17) is 0 Å². The fourth-order valence-electron chi connectivity index (χ4n) is 5.32. The highest BCUT2D eigenvalue weighted by Crippen LogP contribution is 2.50. The van der Waals surface area contributed by atoms with Gasteiger partial charge in [0, 0.05) is 18.0 Å². The van der Waals surface area contributed by atoms with Crippen LogP contribution in [-0.2, 0) is 19.9 Å². The molecule has 4 rings (SSSR count). The first-order valence-electron chi connectivity index (χ1n) is 9.96. The molecule has 0 aromatic heterocycles. The minimum absolute atomic E-state index is 0.0718. The number of carbonyl (C=O) groups is 3. The van der Waals surface area contributed by atoms with Gasteiger partial charge in [-0.3, -0.25) is 19.3 Å². The number of hydrogen-bond donors (Lipinski definition) is 2. The van der Waals surface area contributed by atoms with Crippen molar-refractivity contribution < 1.29 is 19.7 Å².